The molecule has 12 nitrogen and oxygen atoms in total. The van der Waals surface area contributed by atoms with E-state index in [1.807, 2.05) is 0 Å². The minimum atomic E-state index is -1.96. The summed E-state index contributed by atoms with van der Waals surface area (Å²) in [5.41, 5.74) is -1.25. The zero-order chi connectivity index (χ0) is 23.3. The van der Waals surface area contributed by atoms with E-state index in [1.165, 1.54) is 6.07 Å². The smallest absolute Gasteiger partial charge is 0.239 e. The van der Waals surface area contributed by atoms with Gasteiger partial charge in [-0.05, 0) is 18.2 Å². The van der Waals surface area contributed by atoms with Gasteiger partial charge < -0.3 is 54.7 Å². The van der Waals surface area contributed by atoms with Crippen LogP contribution in [0.3, 0.4) is 0 Å². The van der Waals surface area contributed by atoms with Crippen LogP contribution in [0.15, 0.2) is 39.5 Å². The molecule has 0 bridgehead atoms. The molecule has 0 radical (unpaired) electrons. The SMILES string of the molecule is O=c1c(OC2OC(O)C(O)C(O)C2O)c(-c2ccc(O)c(O)c2)oc2cc(O)cc(O)c12. The van der Waals surface area contributed by atoms with Crippen molar-refractivity contribution < 1.29 is 54.7 Å². The number of hydrogen-bond donors (Lipinski definition) is 8. The molecule has 5 unspecified atom stereocenters. The molecular formula is C20H18O12. The minimum Gasteiger partial charge on any atom is -0.508 e. The maximum absolute atomic E-state index is 13.2. The summed E-state index contributed by atoms with van der Waals surface area (Å²) in [6.45, 7) is 0. The van der Waals surface area contributed by atoms with E-state index in [0.717, 1.165) is 24.3 Å². The second kappa shape index (κ2) is 7.85. The molecule has 5 atom stereocenters. The largest absolute Gasteiger partial charge is 0.508 e. The number of phenolic OH excluding ortho intramolecular Hbond substituents is 4. The number of aliphatic hydroxyl groups excluding tert-OH is 4. The van der Waals surface area contributed by atoms with Crippen LogP contribution in [0, 0.1) is 0 Å². The maximum Gasteiger partial charge on any atom is 0.239 e. The van der Waals surface area contributed by atoms with Crippen LogP contribution in [0.4, 0.5) is 0 Å². The lowest BCUT2D eigenvalue weighted by Crippen LogP contribution is -2.59. The minimum absolute atomic E-state index is 0.00330. The van der Waals surface area contributed by atoms with Crippen molar-refractivity contribution in [2.75, 3.05) is 0 Å². The fourth-order valence-corrected chi connectivity index (χ4v) is 3.27. The third-order valence-electron chi connectivity index (χ3n) is 4.93. The van der Waals surface area contributed by atoms with E-state index in [1.54, 1.807) is 0 Å². The molecule has 2 heterocycles. The normalized spacial score (nSPS) is 25.7. The van der Waals surface area contributed by atoms with E-state index in [0.29, 0.717) is 0 Å². The summed E-state index contributed by atoms with van der Waals surface area (Å²) in [5, 5.41) is 78.3. The predicted molar refractivity (Wildman–Crippen MR) is 104 cm³/mol. The number of fused-ring (bicyclic) bond motifs is 1. The molecule has 2 aromatic carbocycles. The highest BCUT2D eigenvalue weighted by Gasteiger charge is 2.45. The second-order valence-electron chi connectivity index (χ2n) is 7.12. The van der Waals surface area contributed by atoms with Gasteiger partial charge in [0.25, 0.3) is 0 Å². The number of benzene rings is 2. The van der Waals surface area contributed by atoms with Gasteiger partial charge in [0.2, 0.25) is 17.5 Å². The van der Waals surface area contributed by atoms with E-state index in [9.17, 15) is 45.6 Å². The van der Waals surface area contributed by atoms with Gasteiger partial charge >= 0.3 is 0 Å². The van der Waals surface area contributed by atoms with Gasteiger partial charge in [0.1, 0.15) is 40.8 Å². The van der Waals surface area contributed by atoms with E-state index in [4.69, 9.17) is 13.9 Å². The van der Waals surface area contributed by atoms with Crippen molar-refractivity contribution in [3.05, 3.63) is 40.6 Å². The van der Waals surface area contributed by atoms with Crippen LogP contribution < -0.4 is 10.2 Å². The average Bonchev–Trinajstić information content (AvgIpc) is 2.73. The Bertz CT molecular complexity index is 1240. The summed E-state index contributed by atoms with van der Waals surface area (Å²) < 4.78 is 16.0. The Hall–Kier alpha value is -3.55. The van der Waals surface area contributed by atoms with Crippen LogP contribution in [0.2, 0.25) is 0 Å². The Morgan fingerprint density at radius 2 is 1.53 bits per heavy atom. The standard InChI is InChI=1S/C20H18O12/c21-7-4-10(24)12-11(5-7)30-17(6-1-2-8(22)9(23)3-6)18(13(12)25)31-20-16(28)14(26)15(27)19(29)32-20/h1-5,14-16,19-24,26-29H. The van der Waals surface area contributed by atoms with Gasteiger partial charge in [-0.3, -0.25) is 4.79 Å². The Morgan fingerprint density at radius 1 is 0.812 bits per heavy atom. The van der Waals surface area contributed by atoms with Crippen molar-refractivity contribution in [3.8, 4) is 40.1 Å². The molecule has 1 aromatic heterocycles. The first-order chi connectivity index (χ1) is 15.1. The number of aliphatic hydroxyl groups is 4. The summed E-state index contributed by atoms with van der Waals surface area (Å²) in [6.07, 6.45) is -9.45. The van der Waals surface area contributed by atoms with Crippen LogP contribution in [0.5, 0.6) is 28.7 Å². The van der Waals surface area contributed by atoms with Crippen molar-refractivity contribution in [1.29, 1.82) is 0 Å². The molecule has 4 rings (SSSR count). The van der Waals surface area contributed by atoms with Crippen molar-refractivity contribution in [3.63, 3.8) is 0 Å². The quantitative estimate of drug-likeness (QED) is 0.236. The van der Waals surface area contributed by atoms with Crippen LogP contribution in [-0.2, 0) is 4.74 Å². The molecule has 0 saturated carbocycles. The predicted octanol–water partition coefficient (Wildman–Crippen LogP) is -0.581. The number of hydrogen-bond acceptors (Lipinski definition) is 12. The van der Waals surface area contributed by atoms with Gasteiger partial charge in [-0.1, -0.05) is 0 Å². The van der Waals surface area contributed by atoms with Gasteiger partial charge in [-0.15, -0.1) is 0 Å². The number of phenols is 4. The molecular weight excluding hydrogens is 432 g/mol. The summed E-state index contributed by atoms with van der Waals surface area (Å²) in [5.74, 6) is -3.15. The Kier molecular flexibility index (Phi) is 5.32. The number of rotatable bonds is 3. The highest BCUT2D eigenvalue weighted by atomic mass is 16.7. The Labute approximate surface area is 178 Å². The first-order valence-electron chi connectivity index (χ1n) is 9.18. The lowest BCUT2D eigenvalue weighted by molar-refractivity contribution is -0.321. The fourth-order valence-electron chi connectivity index (χ4n) is 3.27. The van der Waals surface area contributed by atoms with Crippen LogP contribution in [0.25, 0.3) is 22.3 Å². The third-order valence-corrected chi connectivity index (χ3v) is 4.93. The molecule has 0 aliphatic carbocycles. The number of aromatic hydroxyl groups is 4. The Balaban J connectivity index is 1.92. The van der Waals surface area contributed by atoms with Gasteiger partial charge in [0.15, 0.2) is 23.5 Å². The zero-order valence-electron chi connectivity index (χ0n) is 16.0. The molecule has 12 heteroatoms. The number of ether oxygens (including phenoxy) is 2. The summed E-state index contributed by atoms with van der Waals surface area (Å²) in [6, 6.07) is 5.29. The molecule has 1 aliphatic rings. The van der Waals surface area contributed by atoms with Crippen LogP contribution >= 0.6 is 0 Å². The topological polar surface area (TPSA) is 211 Å². The third kappa shape index (κ3) is 3.55. The molecule has 1 aliphatic heterocycles. The van der Waals surface area contributed by atoms with E-state index in [-0.39, 0.29) is 16.9 Å². The van der Waals surface area contributed by atoms with Gasteiger partial charge in [0, 0.05) is 17.7 Å². The maximum atomic E-state index is 13.2. The molecule has 0 spiro atoms. The van der Waals surface area contributed by atoms with Crippen LogP contribution in [-0.4, -0.2) is 71.7 Å². The van der Waals surface area contributed by atoms with E-state index >= 15 is 0 Å². The van der Waals surface area contributed by atoms with Crippen molar-refractivity contribution in [2.24, 2.45) is 0 Å². The lowest BCUT2D eigenvalue weighted by atomic mass is 10.0. The molecule has 1 saturated heterocycles. The van der Waals surface area contributed by atoms with Crippen LogP contribution in [0.1, 0.15) is 0 Å². The fraction of sp³-hybridized carbons (Fsp3) is 0.250. The molecule has 32 heavy (non-hydrogen) atoms. The summed E-state index contributed by atoms with van der Waals surface area (Å²) in [7, 11) is 0. The second-order valence-corrected chi connectivity index (χ2v) is 7.12. The molecule has 8 N–H and O–H groups in total. The van der Waals surface area contributed by atoms with E-state index < -0.39 is 70.5 Å². The van der Waals surface area contributed by atoms with Gasteiger partial charge in [-0.2, -0.15) is 0 Å². The van der Waals surface area contributed by atoms with Gasteiger partial charge in [-0.25, -0.2) is 0 Å². The molecule has 0 amide bonds. The zero-order valence-corrected chi connectivity index (χ0v) is 16.0. The first-order valence-corrected chi connectivity index (χ1v) is 9.18. The molecule has 1 fully saturated rings. The van der Waals surface area contributed by atoms with Crippen molar-refractivity contribution in [1.82, 2.24) is 0 Å². The highest BCUT2D eigenvalue weighted by molar-refractivity contribution is 5.88. The average molecular weight is 450 g/mol. The summed E-state index contributed by atoms with van der Waals surface area (Å²) in [4.78, 5) is 13.2. The van der Waals surface area contributed by atoms with Crippen molar-refractivity contribution in [2.45, 2.75) is 30.9 Å². The highest BCUT2D eigenvalue weighted by Crippen LogP contribution is 2.39. The van der Waals surface area contributed by atoms with Gasteiger partial charge in [0.05, 0.1) is 0 Å². The Morgan fingerprint density at radius 3 is 2.22 bits per heavy atom. The van der Waals surface area contributed by atoms with Crippen molar-refractivity contribution >= 4 is 11.0 Å². The summed E-state index contributed by atoms with van der Waals surface area (Å²) >= 11 is 0. The monoisotopic (exact) mass is 450 g/mol. The van der Waals surface area contributed by atoms with E-state index in [2.05, 4.69) is 0 Å². The first kappa shape index (κ1) is 21.7. The lowest BCUT2D eigenvalue weighted by Gasteiger charge is -2.37. The molecule has 170 valence electrons. The molecule has 3 aromatic rings.